The van der Waals surface area contributed by atoms with Gasteiger partial charge in [0.15, 0.2) is 23.2 Å². The summed E-state index contributed by atoms with van der Waals surface area (Å²) >= 11 is 0. The largest absolute Gasteiger partial charge is 0.495 e. The van der Waals surface area contributed by atoms with Gasteiger partial charge in [0.05, 0.1) is 37.4 Å². The molecule has 35 heavy (non-hydrogen) atoms. The van der Waals surface area contributed by atoms with Crippen molar-refractivity contribution in [3.05, 3.63) is 82.9 Å². The lowest BCUT2D eigenvalue weighted by Crippen LogP contribution is -2.49. The van der Waals surface area contributed by atoms with E-state index in [4.69, 9.17) is 14.3 Å². The molecule has 7 nitrogen and oxygen atoms in total. The Bertz CT molecular complexity index is 1310. The number of halogens is 3. The van der Waals surface area contributed by atoms with Gasteiger partial charge < -0.3 is 23.8 Å². The first-order chi connectivity index (χ1) is 16.8. The maximum atomic E-state index is 13.9. The molecule has 1 saturated heterocycles. The molecule has 2 aromatic carbocycles. The molecule has 0 spiro atoms. The lowest BCUT2D eigenvalue weighted by Gasteiger charge is -2.42. The highest BCUT2D eigenvalue weighted by atomic mass is 19.2. The molecule has 2 atom stereocenters. The Morgan fingerprint density at radius 1 is 1.14 bits per heavy atom. The van der Waals surface area contributed by atoms with Crippen molar-refractivity contribution < 1.29 is 27.5 Å². The molecule has 0 unspecified atom stereocenters. The predicted molar refractivity (Wildman–Crippen MR) is 123 cm³/mol. The standard InChI is InChI=1S/C25H23F3N4O3/c1-14-10-31(13-29-14)20-5-4-16(6-22(20)33-3)7-23-25-30-34-12-21(32(25)11-15(2)35-23)17-8-18(26)24(28)19(27)9-17/h4-10,13,15,21H,11-12H2,1-3H3/b23-7-/t15-,21+/m0/s1. The molecular formula is C25H23F3N4O3. The normalized spacial score (nSPS) is 20.7. The second-order valence-electron chi connectivity index (χ2n) is 8.47. The van der Waals surface area contributed by atoms with E-state index >= 15 is 0 Å². The lowest BCUT2D eigenvalue weighted by molar-refractivity contribution is 0.0121. The average Bonchev–Trinajstić information content (AvgIpc) is 3.27. The number of rotatable bonds is 4. The van der Waals surface area contributed by atoms with Gasteiger partial charge in [0.1, 0.15) is 18.5 Å². The van der Waals surface area contributed by atoms with E-state index in [1.165, 1.54) is 0 Å². The molecule has 0 radical (unpaired) electrons. The third kappa shape index (κ3) is 4.31. The number of ether oxygens (including phenoxy) is 2. The third-order valence-corrected chi connectivity index (χ3v) is 5.92. The number of aryl methyl sites for hydroxylation is 1. The number of morpholine rings is 1. The first kappa shape index (κ1) is 22.8. The lowest BCUT2D eigenvalue weighted by atomic mass is 10.0. The van der Waals surface area contributed by atoms with E-state index in [1.807, 2.05) is 47.7 Å². The van der Waals surface area contributed by atoms with Gasteiger partial charge in [-0.3, -0.25) is 0 Å². The Balaban J connectivity index is 1.49. The SMILES string of the molecule is COc1cc(/C=C2\O[C@@H](C)CN3C2=NOC[C@@H]3c2cc(F)c(F)c(F)c2)ccc1-n1cnc(C)c1. The van der Waals surface area contributed by atoms with Gasteiger partial charge in [0, 0.05) is 6.20 Å². The van der Waals surface area contributed by atoms with Crippen LogP contribution in [-0.2, 0) is 9.57 Å². The number of benzene rings is 2. The van der Waals surface area contributed by atoms with Crippen molar-refractivity contribution in [2.75, 3.05) is 20.3 Å². The minimum absolute atomic E-state index is 0.0564. The highest BCUT2D eigenvalue weighted by Crippen LogP contribution is 2.34. The topological polar surface area (TPSA) is 61.1 Å². The van der Waals surface area contributed by atoms with Crippen LogP contribution in [0.5, 0.6) is 5.75 Å². The molecular weight excluding hydrogens is 461 g/mol. The number of hydrogen-bond donors (Lipinski definition) is 0. The number of nitrogens with zero attached hydrogens (tertiary/aromatic N) is 4. The quantitative estimate of drug-likeness (QED) is 0.500. The van der Waals surface area contributed by atoms with E-state index in [2.05, 4.69) is 10.1 Å². The Kier molecular flexibility index (Phi) is 5.88. The number of imidazole rings is 1. The highest BCUT2D eigenvalue weighted by Gasteiger charge is 2.37. The Hall–Kier alpha value is -3.95. The van der Waals surface area contributed by atoms with E-state index in [9.17, 15) is 13.2 Å². The van der Waals surface area contributed by atoms with Crippen molar-refractivity contribution in [3.8, 4) is 11.4 Å². The molecule has 182 valence electrons. The van der Waals surface area contributed by atoms with Crippen LogP contribution in [0.25, 0.3) is 11.8 Å². The van der Waals surface area contributed by atoms with Crippen LogP contribution in [0.4, 0.5) is 13.2 Å². The molecule has 2 aliphatic rings. The molecule has 0 aliphatic carbocycles. The van der Waals surface area contributed by atoms with Crippen molar-refractivity contribution in [2.45, 2.75) is 26.0 Å². The maximum Gasteiger partial charge on any atom is 0.211 e. The Morgan fingerprint density at radius 3 is 2.60 bits per heavy atom. The fourth-order valence-corrected chi connectivity index (χ4v) is 4.29. The zero-order chi connectivity index (χ0) is 24.7. The van der Waals surface area contributed by atoms with Crippen LogP contribution in [0.3, 0.4) is 0 Å². The molecule has 3 heterocycles. The van der Waals surface area contributed by atoms with Gasteiger partial charge in [0.2, 0.25) is 5.84 Å². The van der Waals surface area contributed by atoms with E-state index in [0.29, 0.717) is 23.9 Å². The monoisotopic (exact) mass is 484 g/mol. The van der Waals surface area contributed by atoms with E-state index < -0.39 is 23.5 Å². The first-order valence-corrected chi connectivity index (χ1v) is 11.0. The molecule has 2 aliphatic heterocycles. The van der Waals surface area contributed by atoms with Crippen LogP contribution >= 0.6 is 0 Å². The van der Waals surface area contributed by atoms with Crippen molar-refractivity contribution in [1.29, 1.82) is 0 Å². The second-order valence-corrected chi connectivity index (χ2v) is 8.47. The molecule has 0 N–H and O–H groups in total. The Morgan fingerprint density at radius 2 is 1.91 bits per heavy atom. The minimum Gasteiger partial charge on any atom is -0.495 e. The van der Waals surface area contributed by atoms with Crippen molar-refractivity contribution >= 4 is 11.9 Å². The average molecular weight is 484 g/mol. The molecule has 1 fully saturated rings. The zero-order valence-electron chi connectivity index (χ0n) is 19.3. The van der Waals surface area contributed by atoms with Gasteiger partial charge in [-0.25, -0.2) is 18.2 Å². The van der Waals surface area contributed by atoms with Crippen LogP contribution in [0, 0.1) is 24.4 Å². The van der Waals surface area contributed by atoms with Gasteiger partial charge in [-0.2, -0.15) is 0 Å². The van der Waals surface area contributed by atoms with Gasteiger partial charge >= 0.3 is 0 Å². The number of hydrogen-bond acceptors (Lipinski definition) is 6. The highest BCUT2D eigenvalue weighted by molar-refractivity contribution is 6.01. The van der Waals surface area contributed by atoms with E-state index in [-0.39, 0.29) is 18.3 Å². The summed E-state index contributed by atoms with van der Waals surface area (Å²) in [6.07, 6.45) is 5.16. The summed E-state index contributed by atoms with van der Waals surface area (Å²) in [4.78, 5) is 11.5. The molecule has 0 bridgehead atoms. The van der Waals surface area contributed by atoms with Gasteiger partial charge in [-0.1, -0.05) is 11.2 Å². The van der Waals surface area contributed by atoms with Gasteiger partial charge in [-0.05, 0) is 55.3 Å². The second kappa shape index (κ2) is 9.01. The number of oxime groups is 1. The van der Waals surface area contributed by atoms with Crippen LogP contribution in [-0.4, -0.2) is 46.7 Å². The molecule has 0 saturated carbocycles. The summed E-state index contributed by atoms with van der Waals surface area (Å²) in [7, 11) is 1.59. The molecule has 0 amide bonds. The summed E-state index contributed by atoms with van der Waals surface area (Å²) in [5.74, 6) is -2.54. The van der Waals surface area contributed by atoms with Crippen LogP contribution in [0.15, 0.2) is 53.8 Å². The molecule has 1 aromatic heterocycles. The van der Waals surface area contributed by atoms with Crippen molar-refractivity contribution in [2.24, 2.45) is 5.16 Å². The zero-order valence-corrected chi connectivity index (χ0v) is 19.3. The van der Waals surface area contributed by atoms with E-state index in [0.717, 1.165) is 29.1 Å². The molecule has 10 heteroatoms. The summed E-state index contributed by atoms with van der Waals surface area (Å²) in [6.45, 7) is 4.26. The van der Waals surface area contributed by atoms with Gasteiger partial charge in [-0.15, -0.1) is 0 Å². The first-order valence-electron chi connectivity index (χ1n) is 11.0. The Labute approximate surface area is 200 Å². The number of amidine groups is 1. The van der Waals surface area contributed by atoms with Crippen LogP contribution < -0.4 is 4.74 Å². The van der Waals surface area contributed by atoms with Gasteiger partial charge in [0.25, 0.3) is 0 Å². The fourth-order valence-electron chi connectivity index (χ4n) is 4.29. The molecule has 5 rings (SSSR count). The number of fused-ring (bicyclic) bond motifs is 1. The maximum absolute atomic E-state index is 13.9. The predicted octanol–water partition coefficient (Wildman–Crippen LogP) is 4.75. The fraction of sp³-hybridized carbons (Fsp3) is 0.280. The summed E-state index contributed by atoms with van der Waals surface area (Å²) in [5.41, 5.74) is 2.75. The van der Waals surface area contributed by atoms with Crippen LogP contribution in [0.1, 0.15) is 29.8 Å². The smallest absolute Gasteiger partial charge is 0.211 e. The minimum atomic E-state index is -1.50. The summed E-state index contributed by atoms with van der Waals surface area (Å²) in [6, 6.07) is 7.07. The summed E-state index contributed by atoms with van der Waals surface area (Å²) in [5, 5.41) is 4.16. The molecule has 3 aromatic rings. The van der Waals surface area contributed by atoms with E-state index in [1.54, 1.807) is 19.5 Å². The number of aromatic nitrogens is 2. The number of methoxy groups -OCH3 is 1. The van der Waals surface area contributed by atoms with Crippen LogP contribution in [0.2, 0.25) is 0 Å². The third-order valence-electron chi connectivity index (χ3n) is 5.92. The van der Waals surface area contributed by atoms with Crippen molar-refractivity contribution in [1.82, 2.24) is 14.5 Å². The summed E-state index contributed by atoms with van der Waals surface area (Å²) < 4.78 is 54.9. The van der Waals surface area contributed by atoms with Crippen molar-refractivity contribution in [3.63, 3.8) is 0 Å².